The summed E-state index contributed by atoms with van der Waals surface area (Å²) in [6.45, 7) is 6.28. The van der Waals surface area contributed by atoms with Crippen LogP contribution < -0.4 is 10.3 Å². The molecule has 2 atom stereocenters. The summed E-state index contributed by atoms with van der Waals surface area (Å²) in [7, 11) is 1.58. The van der Waals surface area contributed by atoms with Crippen molar-refractivity contribution in [2.75, 3.05) is 7.11 Å². The number of nitrogens with zero attached hydrogens (tertiary/aromatic N) is 2. The van der Waals surface area contributed by atoms with Crippen molar-refractivity contribution in [2.45, 2.75) is 50.3 Å². The summed E-state index contributed by atoms with van der Waals surface area (Å²) < 4.78 is 12.7. The van der Waals surface area contributed by atoms with E-state index in [-0.39, 0.29) is 11.7 Å². The predicted molar refractivity (Wildman–Crippen MR) is 122 cm³/mol. The monoisotopic (exact) mass is 460 g/mol. The largest absolute Gasteiger partial charge is 0.497 e. The molecule has 164 valence electrons. The first-order valence-corrected chi connectivity index (χ1v) is 11.7. The zero-order valence-corrected chi connectivity index (χ0v) is 19.4. The summed E-state index contributed by atoms with van der Waals surface area (Å²) in [6.07, 6.45) is 0.727. The number of rotatable bonds is 6. The fraction of sp³-hybridized carbons (Fsp3) is 0.409. The Morgan fingerprint density at radius 1 is 1.32 bits per heavy atom. The molecule has 4 rings (SSSR count). The van der Waals surface area contributed by atoms with Gasteiger partial charge in [-0.25, -0.2) is 4.98 Å². The Kier molecular flexibility index (Phi) is 6.09. The van der Waals surface area contributed by atoms with Crippen LogP contribution in [0.5, 0.6) is 5.75 Å². The summed E-state index contributed by atoms with van der Waals surface area (Å²) >= 11 is 2.52. The van der Waals surface area contributed by atoms with Gasteiger partial charge in [-0.05, 0) is 42.7 Å². The molecule has 0 saturated heterocycles. The maximum Gasteiger partial charge on any atom is 0.316 e. The molecule has 0 saturated carbocycles. The molecule has 0 spiro atoms. The highest BCUT2D eigenvalue weighted by molar-refractivity contribution is 8.00. The highest BCUT2D eigenvalue weighted by atomic mass is 32.2. The maximum atomic E-state index is 13.8. The number of hydrogen-bond acceptors (Lipinski definition) is 7. The van der Waals surface area contributed by atoms with E-state index in [1.54, 1.807) is 38.3 Å². The fourth-order valence-electron chi connectivity index (χ4n) is 3.58. The lowest BCUT2D eigenvalue weighted by molar-refractivity contribution is -0.136. The van der Waals surface area contributed by atoms with Crippen molar-refractivity contribution in [3.8, 4) is 11.4 Å². The zero-order chi connectivity index (χ0) is 22.3. The van der Waals surface area contributed by atoms with Gasteiger partial charge in [-0.2, -0.15) is 0 Å². The molecule has 0 bridgehead atoms. The molecule has 3 heterocycles. The van der Waals surface area contributed by atoms with Crippen molar-refractivity contribution < 1.29 is 19.4 Å². The standard InChI is InChI=1S/C22H24N2O5S2/c1-11(2)16-9-15-17(10-29-16)31-19-18(15)20(25)24(13-5-7-14(28-4)8-6-13)22(23-19)30-12(3)21(26)27/h5-8,11-12,16H,9-10H2,1-4H3,(H,26,27). The Morgan fingerprint density at radius 3 is 2.65 bits per heavy atom. The summed E-state index contributed by atoms with van der Waals surface area (Å²) in [6, 6.07) is 7.10. The van der Waals surface area contributed by atoms with Crippen LogP contribution in [0, 0.1) is 5.92 Å². The van der Waals surface area contributed by atoms with E-state index < -0.39 is 11.2 Å². The third kappa shape index (κ3) is 4.09. The van der Waals surface area contributed by atoms with Crippen LogP contribution in [0.1, 0.15) is 31.2 Å². The molecule has 1 aliphatic heterocycles. The van der Waals surface area contributed by atoms with E-state index in [2.05, 4.69) is 13.8 Å². The van der Waals surface area contributed by atoms with Gasteiger partial charge >= 0.3 is 5.97 Å². The normalized spacial score (nSPS) is 17.0. The quantitative estimate of drug-likeness (QED) is 0.437. The Bertz CT molecular complexity index is 1180. The topological polar surface area (TPSA) is 90.6 Å². The minimum Gasteiger partial charge on any atom is -0.497 e. The Hall–Kier alpha value is -2.36. The molecule has 1 N–H and O–H groups in total. The van der Waals surface area contributed by atoms with Crippen LogP contribution in [0.3, 0.4) is 0 Å². The number of thiophene rings is 1. The maximum absolute atomic E-state index is 13.8. The summed E-state index contributed by atoms with van der Waals surface area (Å²) in [4.78, 5) is 31.6. The molecule has 2 aromatic heterocycles. The Labute approximate surface area is 188 Å². The number of carboxylic acid groups (broad SMARTS) is 1. The van der Waals surface area contributed by atoms with Gasteiger partial charge in [-0.3, -0.25) is 14.2 Å². The van der Waals surface area contributed by atoms with Gasteiger partial charge < -0.3 is 14.6 Å². The van der Waals surface area contributed by atoms with Crippen molar-refractivity contribution in [3.63, 3.8) is 0 Å². The van der Waals surface area contributed by atoms with Crippen molar-refractivity contribution in [3.05, 3.63) is 45.1 Å². The number of methoxy groups -OCH3 is 1. The molecule has 31 heavy (non-hydrogen) atoms. The molecule has 2 unspecified atom stereocenters. The van der Waals surface area contributed by atoms with Crippen LogP contribution in [0.4, 0.5) is 0 Å². The minimum atomic E-state index is -0.959. The number of aliphatic carboxylic acids is 1. The molecule has 0 fully saturated rings. The Morgan fingerprint density at radius 2 is 2.03 bits per heavy atom. The fourth-order valence-corrected chi connectivity index (χ4v) is 5.61. The van der Waals surface area contributed by atoms with E-state index in [4.69, 9.17) is 14.5 Å². The van der Waals surface area contributed by atoms with Gasteiger partial charge in [0.15, 0.2) is 5.16 Å². The third-order valence-corrected chi connectivity index (χ3v) is 7.55. The molecule has 0 aliphatic carbocycles. The van der Waals surface area contributed by atoms with Gasteiger partial charge in [0, 0.05) is 11.3 Å². The lowest BCUT2D eigenvalue weighted by Gasteiger charge is -2.26. The van der Waals surface area contributed by atoms with Gasteiger partial charge in [0.25, 0.3) is 5.56 Å². The average molecular weight is 461 g/mol. The molecule has 9 heteroatoms. The molecular weight excluding hydrogens is 436 g/mol. The Balaban J connectivity index is 1.93. The SMILES string of the molecule is COc1ccc(-n2c(SC(C)C(=O)O)nc3sc4c(c3c2=O)CC(C(C)C)OC4)cc1. The van der Waals surface area contributed by atoms with E-state index in [1.807, 2.05) is 0 Å². The van der Waals surface area contributed by atoms with Gasteiger partial charge in [-0.15, -0.1) is 11.3 Å². The molecule has 1 aliphatic rings. The van der Waals surface area contributed by atoms with E-state index in [0.29, 0.717) is 45.8 Å². The number of carboxylic acids is 1. The minimum absolute atomic E-state index is 0.0558. The zero-order valence-electron chi connectivity index (χ0n) is 17.7. The second kappa shape index (κ2) is 8.64. The molecule has 3 aromatic rings. The van der Waals surface area contributed by atoms with E-state index in [0.717, 1.165) is 22.2 Å². The average Bonchev–Trinajstić information content (AvgIpc) is 3.11. The number of fused-ring (bicyclic) bond motifs is 3. The van der Waals surface area contributed by atoms with Crippen LogP contribution in [-0.2, 0) is 22.6 Å². The number of hydrogen-bond donors (Lipinski definition) is 1. The molecule has 7 nitrogen and oxygen atoms in total. The summed E-state index contributed by atoms with van der Waals surface area (Å²) in [5.41, 5.74) is 1.44. The van der Waals surface area contributed by atoms with Gasteiger partial charge in [0.05, 0.1) is 30.9 Å². The van der Waals surface area contributed by atoms with Crippen LogP contribution >= 0.6 is 23.1 Å². The molecule has 0 radical (unpaired) electrons. The highest BCUT2D eigenvalue weighted by Gasteiger charge is 2.29. The van der Waals surface area contributed by atoms with Gasteiger partial charge in [0.1, 0.15) is 15.8 Å². The molecule has 1 aromatic carbocycles. The van der Waals surface area contributed by atoms with Crippen LogP contribution in [-0.4, -0.2) is 39.1 Å². The predicted octanol–water partition coefficient (Wildman–Crippen LogP) is 4.12. The number of aromatic nitrogens is 2. The lowest BCUT2D eigenvalue weighted by Crippen LogP contribution is -2.28. The first-order valence-electron chi connectivity index (χ1n) is 10.0. The number of ether oxygens (including phenoxy) is 2. The summed E-state index contributed by atoms with van der Waals surface area (Å²) in [5, 5.41) is 9.62. The number of carbonyl (C=O) groups is 1. The number of benzene rings is 1. The second-order valence-electron chi connectivity index (χ2n) is 7.81. The van der Waals surface area contributed by atoms with Crippen molar-refractivity contribution in [2.24, 2.45) is 5.92 Å². The molecular formula is C22H24N2O5S2. The van der Waals surface area contributed by atoms with Crippen LogP contribution in [0.25, 0.3) is 15.9 Å². The van der Waals surface area contributed by atoms with Crippen molar-refractivity contribution >= 4 is 39.3 Å². The van der Waals surface area contributed by atoms with E-state index >= 15 is 0 Å². The lowest BCUT2D eigenvalue weighted by atomic mass is 9.96. The first kappa shape index (κ1) is 21.9. The molecule has 0 amide bonds. The first-order chi connectivity index (χ1) is 14.8. The van der Waals surface area contributed by atoms with Crippen molar-refractivity contribution in [1.29, 1.82) is 0 Å². The second-order valence-corrected chi connectivity index (χ2v) is 10.2. The number of thioether (sulfide) groups is 1. The smallest absolute Gasteiger partial charge is 0.316 e. The van der Waals surface area contributed by atoms with Crippen LogP contribution in [0.15, 0.2) is 34.2 Å². The van der Waals surface area contributed by atoms with Crippen LogP contribution in [0.2, 0.25) is 0 Å². The van der Waals surface area contributed by atoms with Gasteiger partial charge in [-0.1, -0.05) is 25.6 Å². The summed E-state index contributed by atoms with van der Waals surface area (Å²) in [5.74, 6) is 0.0502. The third-order valence-electron chi connectivity index (χ3n) is 5.42. The highest BCUT2D eigenvalue weighted by Crippen LogP contribution is 2.36. The van der Waals surface area contributed by atoms with E-state index in [9.17, 15) is 14.7 Å². The van der Waals surface area contributed by atoms with Gasteiger partial charge in [0.2, 0.25) is 0 Å². The van der Waals surface area contributed by atoms with Crippen molar-refractivity contribution in [1.82, 2.24) is 9.55 Å². The van der Waals surface area contributed by atoms with E-state index in [1.165, 1.54) is 15.9 Å².